The molecule has 0 saturated carbocycles. The summed E-state index contributed by atoms with van der Waals surface area (Å²) in [7, 11) is 0. The monoisotopic (exact) mass is 433 g/mol. The van der Waals surface area contributed by atoms with Gasteiger partial charge in [0.1, 0.15) is 12.4 Å². The van der Waals surface area contributed by atoms with Gasteiger partial charge in [-0.15, -0.1) is 0 Å². The second kappa shape index (κ2) is 9.75. The van der Waals surface area contributed by atoms with Gasteiger partial charge in [0, 0.05) is 6.42 Å². The molecule has 32 heavy (non-hydrogen) atoms. The molecular formula is C26H27NO5. The van der Waals surface area contributed by atoms with Gasteiger partial charge in [0.05, 0.1) is 24.0 Å². The number of carbonyl (C=O) groups is 1. The van der Waals surface area contributed by atoms with Gasteiger partial charge in [0.15, 0.2) is 17.6 Å². The number of rotatable bonds is 9. The summed E-state index contributed by atoms with van der Waals surface area (Å²) < 4.78 is 17.5. The Kier molecular flexibility index (Phi) is 6.61. The maximum absolute atomic E-state index is 11.4. The van der Waals surface area contributed by atoms with Gasteiger partial charge in [-0.2, -0.15) is 0 Å². The van der Waals surface area contributed by atoms with Gasteiger partial charge in [0.25, 0.3) is 0 Å². The number of hydrogen-bond donors (Lipinski definition) is 1. The minimum Gasteiger partial charge on any atom is -0.492 e. The van der Waals surface area contributed by atoms with Crippen LogP contribution in [0.1, 0.15) is 19.4 Å². The van der Waals surface area contributed by atoms with Crippen molar-refractivity contribution in [2.24, 2.45) is 0 Å². The van der Waals surface area contributed by atoms with Crippen LogP contribution in [0.25, 0.3) is 0 Å². The van der Waals surface area contributed by atoms with Crippen molar-refractivity contribution in [3.05, 3.63) is 78.4 Å². The lowest BCUT2D eigenvalue weighted by Gasteiger charge is -2.32. The van der Waals surface area contributed by atoms with Crippen LogP contribution in [0.2, 0.25) is 0 Å². The third-order valence-electron chi connectivity index (χ3n) is 5.17. The number of ether oxygens (including phenoxy) is 3. The number of carboxylic acid groups (broad SMARTS) is 1. The van der Waals surface area contributed by atoms with Crippen LogP contribution in [0.5, 0.6) is 17.2 Å². The summed E-state index contributed by atoms with van der Waals surface area (Å²) in [4.78, 5) is 13.6. The van der Waals surface area contributed by atoms with E-state index in [1.807, 2.05) is 86.6 Å². The number of benzene rings is 3. The van der Waals surface area contributed by atoms with Crippen molar-refractivity contribution in [1.29, 1.82) is 0 Å². The van der Waals surface area contributed by atoms with Crippen molar-refractivity contribution < 1.29 is 24.1 Å². The van der Waals surface area contributed by atoms with Crippen LogP contribution in [-0.2, 0) is 16.0 Å². The second-order valence-electron chi connectivity index (χ2n) is 7.90. The lowest BCUT2D eigenvalue weighted by Crippen LogP contribution is -2.29. The Hall–Kier alpha value is -3.51. The van der Waals surface area contributed by atoms with Gasteiger partial charge < -0.3 is 24.2 Å². The zero-order valence-corrected chi connectivity index (χ0v) is 18.2. The molecule has 3 aromatic carbocycles. The number of nitrogens with zero attached hydrogens (tertiary/aromatic N) is 1. The molecule has 1 atom stereocenters. The lowest BCUT2D eigenvalue weighted by atomic mass is 10.1. The Balaban J connectivity index is 1.39. The summed E-state index contributed by atoms with van der Waals surface area (Å²) in [5, 5.41) is 9.35. The van der Waals surface area contributed by atoms with Crippen LogP contribution in [0, 0.1) is 0 Å². The van der Waals surface area contributed by atoms with Crippen LogP contribution in [0.3, 0.4) is 0 Å². The first kappa shape index (κ1) is 21.7. The van der Waals surface area contributed by atoms with E-state index in [0.717, 1.165) is 34.2 Å². The number of fused-ring (bicyclic) bond motifs is 2. The zero-order valence-electron chi connectivity index (χ0n) is 18.2. The zero-order chi connectivity index (χ0) is 22.5. The molecule has 0 aromatic heterocycles. The predicted molar refractivity (Wildman–Crippen MR) is 123 cm³/mol. The van der Waals surface area contributed by atoms with E-state index in [4.69, 9.17) is 14.2 Å². The van der Waals surface area contributed by atoms with Crippen LogP contribution in [0.15, 0.2) is 72.8 Å². The summed E-state index contributed by atoms with van der Waals surface area (Å²) in [6, 6.07) is 23.4. The Morgan fingerprint density at radius 1 is 0.938 bits per heavy atom. The second-order valence-corrected chi connectivity index (χ2v) is 7.90. The third-order valence-corrected chi connectivity index (χ3v) is 5.17. The highest BCUT2D eigenvalue weighted by Gasteiger charge is 2.23. The number of hydrogen-bond acceptors (Lipinski definition) is 5. The molecule has 0 amide bonds. The minimum atomic E-state index is -0.954. The molecule has 1 heterocycles. The van der Waals surface area contributed by atoms with Gasteiger partial charge in [0.2, 0.25) is 0 Å². The molecule has 3 aromatic rings. The van der Waals surface area contributed by atoms with Gasteiger partial charge in [-0.1, -0.05) is 36.4 Å². The van der Waals surface area contributed by atoms with Crippen LogP contribution >= 0.6 is 0 Å². The van der Waals surface area contributed by atoms with Crippen molar-refractivity contribution >= 4 is 17.3 Å². The molecule has 1 aliphatic heterocycles. The average molecular weight is 434 g/mol. The van der Waals surface area contributed by atoms with Gasteiger partial charge in [-0.3, -0.25) is 0 Å². The van der Waals surface area contributed by atoms with E-state index < -0.39 is 12.1 Å². The summed E-state index contributed by atoms with van der Waals surface area (Å²) >= 11 is 0. The normalized spacial score (nSPS) is 13.2. The topological polar surface area (TPSA) is 68.2 Å². The van der Waals surface area contributed by atoms with E-state index in [0.29, 0.717) is 19.6 Å². The summed E-state index contributed by atoms with van der Waals surface area (Å²) in [5.74, 6) is 1.43. The van der Waals surface area contributed by atoms with Gasteiger partial charge >= 0.3 is 5.97 Å². The lowest BCUT2D eigenvalue weighted by molar-refractivity contribution is -0.153. The molecule has 0 bridgehead atoms. The van der Waals surface area contributed by atoms with Crippen LogP contribution < -0.4 is 14.4 Å². The molecule has 0 saturated heterocycles. The molecule has 0 fully saturated rings. The Bertz CT molecular complexity index is 1020. The van der Waals surface area contributed by atoms with Gasteiger partial charge in [-0.25, -0.2) is 4.79 Å². The van der Waals surface area contributed by atoms with Crippen molar-refractivity contribution in [1.82, 2.24) is 0 Å². The smallest absolute Gasteiger partial charge is 0.333 e. The van der Waals surface area contributed by atoms with Crippen LogP contribution in [0.4, 0.5) is 11.4 Å². The van der Waals surface area contributed by atoms with Crippen molar-refractivity contribution in [2.75, 3.05) is 18.1 Å². The van der Waals surface area contributed by atoms with E-state index >= 15 is 0 Å². The van der Waals surface area contributed by atoms with E-state index in [-0.39, 0.29) is 6.10 Å². The number of para-hydroxylation sites is 4. The molecule has 6 nitrogen and oxygen atoms in total. The SMILES string of the molecule is CC(C)O[C@@H](Cc1ccc(OCCN2c3ccccc3Oc3ccccc32)cc1)C(=O)O. The fourth-order valence-electron chi connectivity index (χ4n) is 3.73. The van der Waals surface area contributed by atoms with E-state index in [2.05, 4.69) is 4.90 Å². The highest BCUT2D eigenvalue weighted by Crippen LogP contribution is 2.45. The van der Waals surface area contributed by atoms with Crippen LogP contribution in [-0.4, -0.2) is 36.4 Å². The molecule has 1 N–H and O–H groups in total. The Morgan fingerprint density at radius 3 is 2.09 bits per heavy atom. The standard InChI is InChI=1S/C26H27NO5/c1-18(2)31-25(26(28)29)17-19-11-13-20(14-12-19)30-16-15-27-21-7-3-5-9-23(21)32-24-10-6-4-8-22(24)27/h3-14,18,25H,15-17H2,1-2H3,(H,28,29)/t25-/m0/s1. The number of anilines is 2. The summed E-state index contributed by atoms with van der Waals surface area (Å²) in [6.45, 7) is 4.80. The quantitative estimate of drug-likeness (QED) is 0.485. The summed E-state index contributed by atoms with van der Waals surface area (Å²) in [6.07, 6.45) is -0.688. The van der Waals surface area contributed by atoms with E-state index in [1.165, 1.54) is 0 Å². The third kappa shape index (κ3) is 5.03. The Morgan fingerprint density at radius 2 is 1.53 bits per heavy atom. The van der Waals surface area contributed by atoms with E-state index in [1.54, 1.807) is 0 Å². The predicted octanol–water partition coefficient (Wildman–Crippen LogP) is 5.43. The fourth-order valence-corrected chi connectivity index (χ4v) is 3.73. The average Bonchev–Trinajstić information content (AvgIpc) is 2.79. The first-order chi connectivity index (χ1) is 15.5. The molecule has 4 rings (SSSR count). The molecule has 6 heteroatoms. The molecular weight excluding hydrogens is 406 g/mol. The molecule has 1 aliphatic rings. The highest BCUT2D eigenvalue weighted by molar-refractivity contribution is 5.77. The van der Waals surface area contributed by atoms with E-state index in [9.17, 15) is 9.90 Å². The maximum Gasteiger partial charge on any atom is 0.333 e. The maximum atomic E-state index is 11.4. The molecule has 166 valence electrons. The van der Waals surface area contributed by atoms with Crippen molar-refractivity contribution in [2.45, 2.75) is 32.5 Å². The largest absolute Gasteiger partial charge is 0.492 e. The first-order valence-corrected chi connectivity index (χ1v) is 10.7. The molecule has 0 radical (unpaired) electrons. The first-order valence-electron chi connectivity index (χ1n) is 10.7. The highest BCUT2D eigenvalue weighted by atomic mass is 16.5. The number of aliphatic carboxylic acids is 1. The van der Waals surface area contributed by atoms with Crippen molar-refractivity contribution in [3.63, 3.8) is 0 Å². The van der Waals surface area contributed by atoms with Gasteiger partial charge in [-0.05, 0) is 55.8 Å². The minimum absolute atomic E-state index is 0.144. The molecule has 0 spiro atoms. The molecule has 0 unspecified atom stereocenters. The molecule has 0 aliphatic carbocycles. The summed E-state index contributed by atoms with van der Waals surface area (Å²) in [5.41, 5.74) is 2.91. The van der Waals surface area contributed by atoms with Crippen molar-refractivity contribution in [3.8, 4) is 17.2 Å². The number of carboxylic acids is 1. The fraction of sp³-hybridized carbons (Fsp3) is 0.269. The Labute approximate surface area is 188 Å².